The molecule has 6 heteroatoms. The smallest absolute Gasteiger partial charge is 0.403 e. The Morgan fingerprint density at radius 1 is 0.909 bits per heavy atom. The summed E-state index contributed by atoms with van der Waals surface area (Å²) in [5.74, 6) is -2.09. The zero-order chi connectivity index (χ0) is 23.6. The van der Waals surface area contributed by atoms with Crippen LogP contribution in [0.3, 0.4) is 0 Å². The summed E-state index contributed by atoms with van der Waals surface area (Å²) in [5.41, 5.74) is 2.67. The number of alkyl halides is 3. The van der Waals surface area contributed by atoms with Gasteiger partial charge in [0.2, 0.25) is 0 Å². The van der Waals surface area contributed by atoms with Crippen molar-refractivity contribution in [3.63, 3.8) is 0 Å². The van der Waals surface area contributed by atoms with Crippen LogP contribution in [-0.2, 0) is 6.42 Å². The highest BCUT2D eigenvalue weighted by molar-refractivity contribution is 5.88. The van der Waals surface area contributed by atoms with E-state index in [1.807, 2.05) is 12.1 Å². The van der Waals surface area contributed by atoms with Crippen molar-refractivity contribution < 1.29 is 26.7 Å². The fraction of sp³-hybridized carbons (Fsp3) is 0.407. The highest BCUT2D eigenvalue weighted by atomic mass is 19.4. The lowest BCUT2D eigenvalue weighted by Gasteiger charge is -2.35. The van der Waals surface area contributed by atoms with Gasteiger partial charge in [0.1, 0.15) is 5.82 Å². The van der Waals surface area contributed by atoms with Crippen LogP contribution in [0.5, 0.6) is 5.75 Å². The average Bonchev–Trinajstić information content (AvgIpc) is 2.77. The molecule has 33 heavy (non-hydrogen) atoms. The predicted octanol–water partition coefficient (Wildman–Crippen LogP) is 8.68. The molecule has 1 aliphatic carbocycles. The Morgan fingerprint density at radius 2 is 1.73 bits per heavy atom. The highest BCUT2D eigenvalue weighted by Crippen LogP contribution is 2.46. The number of aryl methyl sites for hydroxylation is 1. The van der Waals surface area contributed by atoms with Crippen molar-refractivity contribution >= 4 is 10.8 Å². The Morgan fingerprint density at radius 3 is 2.45 bits per heavy atom. The standard InChI is InChI=1S/C27H27F5O/c1-2-3-4-5-7-17-10-12-20-19-8-6-9-23(28)21(19)13-14-22(20)26(17)18-11-15-25(24(29)16-18)33-27(30,31)32/h6,8-9,11,13-17,26H,2-5,7,10,12H2,1H3/t17-,26-/m1/s1. The lowest BCUT2D eigenvalue weighted by Crippen LogP contribution is -2.23. The minimum Gasteiger partial charge on any atom is -0.403 e. The molecule has 3 aromatic rings. The van der Waals surface area contributed by atoms with Gasteiger partial charge in [-0.25, -0.2) is 8.78 Å². The molecular weight excluding hydrogens is 435 g/mol. The summed E-state index contributed by atoms with van der Waals surface area (Å²) in [4.78, 5) is 0. The maximum atomic E-state index is 14.6. The quantitative estimate of drug-likeness (QED) is 0.252. The van der Waals surface area contributed by atoms with Crippen LogP contribution in [0.4, 0.5) is 22.0 Å². The van der Waals surface area contributed by atoms with Crippen molar-refractivity contribution in [3.8, 4) is 5.75 Å². The van der Waals surface area contributed by atoms with Crippen LogP contribution < -0.4 is 4.74 Å². The van der Waals surface area contributed by atoms with Gasteiger partial charge in [-0.3, -0.25) is 0 Å². The number of unbranched alkanes of at least 4 members (excludes halogenated alkanes) is 3. The van der Waals surface area contributed by atoms with Crippen molar-refractivity contribution in [3.05, 3.63) is 76.9 Å². The Hall–Kier alpha value is -2.63. The maximum Gasteiger partial charge on any atom is 0.573 e. The van der Waals surface area contributed by atoms with Gasteiger partial charge in [0, 0.05) is 11.3 Å². The minimum atomic E-state index is -4.95. The summed E-state index contributed by atoms with van der Waals surface area (Å²) in [6, 6.07) is 12.4. The second kappa shape index (κ2) is 9.70. The molecule has 0 fully saturated rings. The summed E-state index contributed by atoms with van der Waals surface area (Å²) in [7, 11) is 0. The topological polar surface area (TPSA) is 9.23 Å². The molecule has 176 valence electrons. The number of benzene rings is 3. The molecule has 2 atom stereocenters. The molecule has 0 saturated heterocycles. The molecule has 0 heterocycles. The Bertz CT molecular complexity index is 1120. The first kappa shape index (κ1) is 23.5. The van der Waals surface area contributed by atoms with E-state index in [1.54, 1.807) is 12.1 Å². The van der Waals surface area contributed by atoms with Gasteiger partial charge in [-0.05, 0) is 65.5 Å². The van der Waals surface area contributed by atoms with Crippen molar-refractivity contribution in [2.75, 3.05) is 0 Å². The van der Waals surface area contributed by atoms with Crippen LogP contribution in [0.25, 0.3) is 10.8 Å². The first-order chi connectivity index (χ1) is 15.8. The van der Waals surface area contributed by atoms with Gasteiger partial charge in [0.05, 0.1) is 0 Å². The monoisotopic (exact) mass is 462 g/mol. The molecule has 3 aromatic carbocycles. The third-order valence-electron chi connectivity index (χ3n) is 6.70. The summed E-state index contributed by atoms with van der Waals surface area (Å²) in [6.07, 6.45) is 2.09. The van der Waals surface area contributed by atoms with Crippen LogP contribution in [0.1, 0.15) is 68.1 Å². The number of rotatable bonds is 7. The second-order valence-corrected chi connectivity index (χ2v) is 8.83. The molecular formula is C27H27F5O. The van der Waals surface area contributed by atoms with Gasteiger partial charge in [-0.2, -0.15) is 0 Å². The zero-order valence-corrected chi connectivity index (χ0v) is 18.5. The fourth-order valence-electron chi connectivity index (χ4n) is 5.23. The van der Waals surface area contributed by atoms with Gasteiger partial charge in [-0.1, -0.05) is 62.9 Å². The van der Waals surface area contributed by atoms with E-state index in [9.17, 15) is 22.0 Å². The maximum absolute atomic E-state index is 14.6. The van der Waals surface area contributed by atoms with Crippen LogP contribution >= 0.6 is 0 Å². The highest BCUT2D eigenvalue weighted by Gasteiger charge is 2.34. The van der Waals surface area contributed by atoms with E-state index >= 15 is 0 Å². The van der Waals surface area contributed by atoms with Crippen molar-refractivity contribution in [2.45, 2.75) is 64.1 Å². The molecule has 0 radical (unpaired) electrons. The summed E-state index contributed by atoms with van der Waals surface area (Å²) in [6.45, 7) is 2.15. The van der Waals surface area contributed by atoms with Gasteiger partial charge in [0.25, 0.3) is 0 Å². The molecule has 1 nitrogen and oxygen atoms in total. The molecule has 0 aliphatic heterocycles. The fourth-order valence-corrected chi connectivity index (χ4v) is 5.23. The molecule has 0 bridgehead atoms. The SMILES string of the molecule is CCCCCC[C@@H]1CCc2c(ccc3c(F)cccc23)[C@H]1c1ccc(OC(F)(F)F)c(F)c1. The van der Waals surface area contributed by atoms with E-state index < -0.39 is 17.9 Å². The van der Waals surface area contributed by atoms with E-state index in [4.69, 9.17) is 0 Å². The zero-order valence-electron chi connectivity index (χ0n) is 18.5. The number of ether oxygens (including phenoxy) is 1. The predicted molar refractivity (Wildman–Crippen MR) is 119 cm³/mol. The lowest BCUT2D eigenvalue weighted by molar-refractivity contribution is -0.275. The first-order valence-electron chi connectivity index (χ1n) is 11.5. The molecule has 0 aromatic heterocycles. The number of fused-ring (bicyclic) bond motifs is 3. The van der Waals surface area contributed by atoms with Gasteiger partial charge < -0.3 is 4.74 Å². The Kier molecular flexibility index (Phi) is 6.91. The third-order valence-corrected chi connectivity index (χ3v) is 6.70. The van der Waals surface area contributed by atoms with Gasteiger partial charge in [0.15, 0.2) is 11.6 Å². The van der Waals surface area contributed by atoms with Crippen molar-refractivity contribution in [1.82, 2.24) is 0 Å². The first-order valence-corrected chi connectivity index (χ1v) is 11.5. The van der Waals surface area contributed by atoms with E-state index in [-0.39, 0.29) is 17.7 Å². The van der Waals surface area contributed by atoms with Crippen molar-refractivity contribution in [2.24, 2.45) is 5.92 Å². The molecule has 0 spiro atoms. The van der Waals surface area contributed by atoms with Gasteiger partial charge >= 0.3 is 6.36 Å². The Labute approximate surface area is 190 Å². The van der Waals surface area contributed by atoms with Crippen LogP contribution in [0.15, 0.2) is 48.5 Å². The van der Waals surface area contributed by atoms with E-state index in [0.29, 0.717) is 10.9 Å². The lowest BCUT2D eigenvalue weighted by atomic mass is 9.69. The molecule has 0 N–H and O–H groups in total. The van der Waals surface area contributed by atoms with Crippen molar-refractivity contribution in [1.29, 1.82) is 0 Å². The van der Waals surface area contributed by atoms with Gasteiger partial charge in [-0.15, -0.1) is 13.2 Å². The second-order valence-electron chi connectivity index (χ2n) is 8.83. The summed E-state index contributed by atoms with van der Waals surface area (Å²) in [5, 5.41) is 1.40. The largest absolute Gasteiger partial charge is 0.573 e. The molecule has 0 amide bonds. The minimum absolute atomic E-state index is 0.169. The summed E-state index contributed by atoms with van der Waals surface area (Å²) >= 11 is 0. The number of hydrogen-bond donors (Lipinski definition) is 0. The third kappa shape index (κ3) is 5.15. The van der Waals surface area contributed by atoms with E-state index in [1.165, 1.54) is 12.1 Å². The number of hydrogen-bond acceptors (Lipinski definition) is 1. The number of halogens is 5. The molecule has 0 saturated carbocycles. The molecule has 1 aliphatic rings. The normalized spacial score (nSPS) is 18.4. The van der Waals surface area contributed by atoms with E-state index in [0.717, 1.165) is 73.6 Å². The van der Waals surface area contributed by atoms with Crippen LogP contribution in [-0.4, -0.2) is 6.36 Å². The average molecular weight is 463 g/mol. The van der Waals surface area contributed by atoms with Crippen LogP contribution in [0.2, 0.25) is 0 Å². The molecule has 0 unspecified atom stereocenters. The van der Waals surface area contributed by atoms with E-state index in [2.05, 4.69) is 11.7 Å². The summed E-state index contributed by atoms with van der Waals surface area (Å²) < 4.78 is 70.6. The Balaban J connectivity index is 1.75. The van der Waals surface area contributed by atoms with Crippen LogP contribution in [0, 0.1) is 17.6 Å². The molecule has 4 rings (SSSR count).